The smallest absolute Gasteiger partial charge is 0.259 e. The number of anilines is 3. The number of aryl methyl sites for hydroxylation is 1. The van der Waals surface area contributed by atoms with E-state index in [1.807, 2.05) is 6.92 Å². The number of nitrogens with zero attached hydrogens (tertiary/aromatic N) is 1. The lowest BCUT2D eigenvalue weighted by molar-refractivity contribution is 0.102. The molecule has 4 N–H and O–H groups in total. The van der Waals surface area contributed by atoms with Gasteiger partial charge in [0.15, 0.2) is 0 Å². The van der Waals surface area contributed by atoms with Crippen LogP contribution in [0.2, 0.25) is 0 Å². The Balaban J connectivity index is 1.89. The quantitative estimate of drug-likeness (QED) is 0.572. The highest BCUT2D eigenvalue weighted by Crippen LogP contribution is 2.23. The van der Waals surface area contributed by atoms with Crippen molar-refractivity contribution in [1.82, 2.24) is 4.98 Å². The summed E-state index contributed by atoms with van der Waals surface area (Å²) in [5.74, 6) is -0.711. The van der Waals surface area contributed by atoms with Crippen LogP contribution >= 0.6 is 0 Å². The zero-order valence-corrected chi connectivity index (χ0v) is 16.3. The molecule has 0 fully saturated rings. The van der Waals surface area contributed by atoms with Gasteiger partial charge in [-0.2, -0.15) is 0 Å². The summed E-state index contributed by atoms with van der Waals surface area (Å²) < 4.78 is 37.1. The average molecular weight is 414 g/mol. The summed E-state index contributed by atoms with van der Waals surface area (Å²) in [4.78, 5) is 16.9. The fourth-order valence-electron chi connectivity index (χ4n) is 2.78. The summed E-state index contributed by atoms with van der Waals surface area (Å²) in [6.07, 6.45) is 1.97. The van der Waals surface area contributed by atoms with E-state index >= 15 is 0 Å². The first-order valence-corrected chi connectivity index (χ1v) is 10.3. The van der Waals surface area contributed by atoms with Crippen molar-refractivity contribution in [3.63, 3.8) is 0 Å². The van der Waals surface area contributed by atoms with Gasteiger partial charge in [0.1, 0.15) is 11.6 Å². The topological polar surface area (TPSA) is 114 Å². The Morgan fingerprint density at radius 1 is 1.10 bits per heavy atom. The fraction of sp³-hybridized carbons (Fsp3) is 0.100. The fourth-order valence-corrected chi connectivity index (χ4v) is 3.65. The van der Waals surface area contributed by atoms with Crippen molar-refractivity contribution < 1.29 is 17.6 Å². The highest BCUT2D eigenvalue weighted by molar-refractivity contribution is 7.89. The van der Waals surface area contributed by atoms with E-state index in [0.29, 0.717) is 17.7 Å². The maximum Gasteiger partial charge on any atom is 0.259 e. The van der Waals surface area contributed by atoms with Gasteiger partial charge in [-0.05, 0) is 54.4 Å². The van der Waals surface area contributed by atoms with E-state index in [-0.39, 0.29) is 22.0 Å². The van der Waals surface area contributed by atoms with E-state index in [1.54, 1.807) is 30.3 Å². The third-order valence-corrected chi connectivity index (χ3v) is 5.15. The largest absolute Gasteiger partial charge is 0.339 e. The molecule has 0 aliphatic carbocycles. The molecule has 0 atom stereocenters. The number of primary sulfonamides is 1. The number of rotatable bonds is 6. The van der Waals surface area contributed by atoms with Crippen LogP contribution in [0.25, 0.3) is 0 Å². The van der Waals surface area contributed by atoms with Crippen molar-refractivity contribution in [2.75, 3.05) is 10.6 Å². The Kier molecular flexibility index (Phi) is 5.90. The molecule has 0 unspecified atom stereocenters. The molecule has 7 nitrogen and oxygen atoms in total. The van der Waals surface area contributed by atoms with Gasteiger partial charge in [0.05, 0.1) is 10.5 Å². The number of carbonyl (C=O) groups is 1. The second-order valence-electron chi connectivity index (χ2n) is 6.21. The van der Waals surface area contributed by atoms with Crippen LogP contribution in [0.1, 0.15) is 22.8 Å². The molecule has 0 aliphatic heterocycles. The van der Waals surface area contributed by atoms with Gasteiger partial charge in [-0.3, -0.25) is 4.79 Å². The average Bonchev–Trinajstić information content (AvgIpc) is 2.67. The first-order chi connectivity index (χ1) is 13.8. The second-order valence-corrected chi connectivity index (χ2v) is 7.74. The van der Waals surface area contributed by atoms with E-state index in [2.05, 4.69) is 15.6 Å². The molecule has 0 aliphatic rings. The number of aromatic nitrogens is 1. The van der Waals surface area contributed by atoms with E-state index < -0.39 is 21.7 Å². The van der Waals surface area contributed by atoms with E-state index in [0.717, 1.165) is 0 Å². The van der Waals surface area contributed by atoms with E-state index in [9.17, 15) is 17.6 Å². The van der Waals surface area contributed by atoms with E-state index in [1.165, 1.54) is 30.5 Å². The van der Waals surface area contributed by atoms with Gasteiger partial charge in [0.2, 0.25) is 10.0 Å². The predicted molar refractivity (Wildman–Crippen MR) is 109 cm³/mol. The van der Waals surface area contributed by atoms with Crippen molar-refractivity contribution in [3.05, 3.63) is 77.7 Å². The molecule has 2 aromatic carbocycles. The molecule has 0 saturated carbocycles. The zero-order chi connectivity index (χ0) is 21.0. The third-order valence-electron chi connectivity index (χ3n) is 4.15. The summed E-state index contributed by atoms with van der Waals surface area (Å²) >= 11 is 0. The molecule has 0 bridgehead atoms. The Hall–Kier alpha value is -3.30. The number of nitrogens with two attached hydrogens (primary N) is 1. The zero-order valence-electron chi connectivity index (χ0n) is 15.5. The molecule has 29 heavy (non-hydrogen) atoms. The molecule has 0 saturated heterocycles. The van der Waals surface area contributed by atoms with Crippen molar-refractivity contribution in [2.45, 2.75) is 18.2 Å². The summed E-state index contributed by atoms with van der Waals surface area (Å²) in [6, 6.07) is 13.4. The second kappa shape index (κ2) is 8.38. The molecule has 3 rings (SSSR count). The number of halogens is 1. The Labute approximate surface area is 167 Å². The van der Waals surface area contributed by atoms with Gasteiger partial charge in [-0.25, -0.2) is 22.9 Å². The van der Waals surface area contributed by atoms with Crippen LogP contribution < -0.4 is 15.8 Å². The van der Waals surface area contributed by atoms with Crippen molar-refractivity contribution in [1.29, 1.82) is 0 Å². The number of pyridine rings is 1. The number of amides is 1. The summed E-state index contributed by atoms with van der Waals surface area (Å²) in [6.45, 7) is 1.81. The molecule has 0 radical (unpaired) electrons. The Morgan fingerprint density at radius 2 is 1.90 bits per heavy atom. The summed E-state index contributed by atoms with van der Waals surface area (Å²) in [7, 11) is -3.93. The maximum atomic E-state index is 13.4. The molecular weight excluding hydrogens is 395 g/mol. The number of carbonyl (C=O) groups excluding carboxylic acids is 1. The predicted octanol–water partition coefficient (Wildman–Crippen LogP) is 3.43. The molecule has 9 heteroatoms. The number of hydrogen-bond donors (Lipinski definition) is 3. The summed E-state index contributed by atoms with van der Waals surface area (Å²) in [5, 5.41) is 10.8. The first kappa shape index (κ1) is 20.4. The van der Waals surface area contributed by atoms with Gasteiger partial charge in [-0.15, -0.1) is 0 Å². The number of nitrogens with one attached hydrogen (secondary N) is 2. The van der Waals surface area contributed by atoms with Gasteiger partial charge in [-0.1, -0.05) is 19.1 Å². The van der Waals surface area contributed by atoms with Gasteiger partial charge in [0, 0.05) is 17.6 Å². The molecule has 150 valence electrons. The minimum atomic E-state index is -3.93. The van der Waals surface area contributed by atoms with E-state index in [4.69, 9.17) is 5.14 Å². The Morgan fingerprint density at radius 3 is 2.59 bits per heavy atom. The minimum absolute atomic E-state index is 0.0397. The standard InChI is InChI=1S/C20H19FN4O3S/c1-2-13-8-9-16(12-18(13)29(22,27)28)25-20(26)17-7-4-10-23-19(17)24-15-6-3-5-14(21)11-15/h3-12H,2H2,1H3,(H,23,24)(H,25,26)(H2,22,27,28). The molecule has 3 aromatic rings. The van der Waals surface area contributed by atoms with Gasteiger partial charge in [0.25, 0.3) is 5.91 Å². The highest BCUT2D eigenvalue weighted by Gasteiger charge is 2.17. The molecule has 1 amide bonds. The van der Waals surface area contributed by atoms with Crippen LogP contribution in [-0.2, 0) is 16.4 Å². The summed E-state index contributed by atoms with van der Waals surface area (Å²) in [5.41, 5.74) is 1.46. The van der Waals surface area contributed by atoms with Crippen LogP contribution in [-0.4, -0.2) is 19.3 Å². The molecule has 0 spiro atoms. The van der Waals surface area contributed by atoms with Gasteiger partial charge < -0.3 is 10.6 Å². The normalized spacial score (nSPS) is 11.1. The molecule has 1 aromatic heterocycles. The minimum Gasteiger partial charge on any atom is -0.339 e. The van der Waals surface area contributed by atoms with Crippen LogP contribution in [0, 0.1) is 5.82 Å². The number of sulfonamides is 1. The van der Waals surface area contributed by atoms with Crippen LogP contribution in [0.15, 0.2) is 65.7 Å². The maximum absolute atomic E-state index is 13.4. The first-order valence-electron chi connectivity index (χ1n) is 8.72. The van der Waals surface area contributed by atoms with Crippen LogP contribution in [0.4, 0.5) is 21.6 Å². The number of hydrogen-bond acceptors (Lipinski definition) is 5. The van der Waals surface area contributed by atoms with Crippen LogP contribution in [0.3, 0.4) is 0 Å². The SMILES string of the molecule is CCc1ccc(NC(=O)c2cccnc2Nc2cccc(F)c2)cc1S(N)(=O)=O. The number of benzene rings is 2. The lowest BCUT2D eigenvalue weighted by Crippen LogP contribution is -2.17. The van der Waals surface area contributed by atoms with Crippen molar-refractivity contribution in [3.8, 4) is 0 Å². The van der Waals surface area contributed by atoms with Crippen molar-refractivity contribution in [2.24, 2.45) is 5.14 Å². The Bertz CT molecular complexity index is 1170. The van der Waals surface area contributed by atoms with Crippen molar-refractivity contribution >= 4 is 33.1 Å². The third kappa shape index (κ3) is 4.95. The van der Waals surface area contributed by atoms with Crippen LogP contribution in [0.5, 0.6) is 0 Å². The lowest BCUT2D eigenvalue weighted by Gasteiger charge is -2.13. The highest BCUT2D eigenvalue weighted by atomic mass is 32.2. The lowest BCUT2D eigenvalue weighted by atomic mass is 10.1. The van der Waals surface area contributed by atoms with Gasteiger partial charge >= 0.3 is 0 Å². The molecular formula is C20H19FN4O3S. The monoisotopic (exact) mass is 414 g/mol. The molecule has 1 heterocycles.